The summed E-state index contributed by atoms with van der Waals surface area (Å²) >= 11 is 0. The maximum absolute atomic E-state index is 9.11. The molecule has 0 aromatic carbocycles. The average Bonchev–Trinajstić information content (AvgIpc) is 2.04. The highest BCUT2D eigenvalue weighted by Gasteiger charge is 2.27. The molecule has 3 N–H and O–H groups in total. The molecule has 1 saturated heterocycles. The summed E-state index contributed by atoms with van der Waals surface area (Å²) in [5.74, 6) is 0. The highest BCUT2D eigenvalue weighted by atomic mass is 16.3. The molecule has 1 fully saturated rings. The normalized spacial score (nSPS) is 32.8. The van der Waals surface area contributed by atoms with Gasteiger partial charge < -0.3 is 10.8 Å². The number of aliphatic hydroxyl groups excluding tert-OH is 1. The quantitative estimate of drug-likeness (QED) is 0.624. The van der Waals surface area contributed by atoms with Crippen molar-refractivity contribution < 1.29 is 5.11 Å². The number of aliphatic hydroxyl groups is 1. The number of nitrogens with two attached hydrogens (primary N) is 1. The summed E-state index contributed by atoms with van der Waals surface area (Å²) in [6.07, 6.45) is 2.09. The first kappa shape index (κ1) is 9.96. The van der Waals surface area contributed by atoms with Crippen LogP contribution in [0.15, 0.2) is 0 Å². The second-order valence-electron chi connectivity index (χ2n) is 3.96. The van der Waals surface area contributed by atoms with Gasteiger partial charge in [-0.05, 0) is 26.7 Å². The van der Waals surface area contributed by atoms with Crippen LogP contribution in [0.4, 0.5) is 0 Å². The molecule has 0 aliphatic carbocycles. The molecule has 0 saturated carbocycles. The molecule has 3 heteroatoms. The van der Waals surface area contributed by atoms with Gasteiger partial charge in [-0.3, -0.25) is 4.90 Å². The minimum atomic E-state index is 0.269. The second kappa shape index (κ2) is 4.21. The number of hydrogen-bond donors (Lipinski definition) is 2. The van der Waals surface area contributed by atoms with Gasteiger partial charge in [-0.1, -0.05) is 0 Å². The molecule has 72 valence electrons. The Morgan fingerprint density at radius 3 is 2.67 bits per heavy atom. The summed E-state index contributed by atoms with van der Waals surface area (Å²) in [4.78, 5) is 2.30. The molecule has 0 radical (unpaired) electrons. The van der Waals surface area contributed by atoms with Crippen LogP contribution in [-0.4, -0.2) is 41.3 Å². The summed E-state index contributed by atoms with van der Waals surface area (Å²) in [5.41, 5.74) is 5.86. The van der Waals surface area contributed by atoms with Crippen LogP contribution in [0.2, 0.25) is 0 Å². The van der Waals surface area contributed by atoms with E-state index in [-0.39, 0.29) is 6.61 Å². The summed E-state index contributed by atoms with van der Waals surface area (Å²) in [7, 11) is 0. The summed E-state index contributed by atoms with van der Waals surface area (Å²) in [6.45, 7) is 5.51. The predicted octanol–water partition coefficient (Wildman–Crippen LogP) is 0.179. The van der Waals surface area contributed by atoms with Crippen molar-refractivity contribution in [2.75, 3.05) is 13.2 Å². The van der Waals surface area contributed by atoms with Crippen LogP contribution in [0.3, 0.4) is 0 Å². The number of likely N-dealkylation sites (tertiary alicyclic amines) is 1. The van der Waals surface area contributed by atoms with E-state index in [4.69, 9.17) is 10.8 Å². The van der Waals surface area contributed by atoms with Crippen molar-refractivity contribution in [1.82, 2.24) is 4.90 Å². The number of nitrogens with zero attached hydrogens (tertiary/aromatic N) is 1. The van der Waals surface area contributed by atoms with Crippen molar-refractivity contribution >= 4 is 0 Å². The van der Waals surface area contributed by atoms with E-state index < -0.39 is 0 Å². The van der Waals surface area contributed by atoms with E-state index in [0.717, 1.165) is 19.4 Å². The second-order valence-corrected chi connectivity index (χ2v) is 3.96. The Balaban J connectivity index is 2.52. The molecule has 1 rings (SSSR count). The molecule has 2 atom stereocenters. The van der Waals surface area contributed by atoms with Crippen molar-refractivity contribution in [3.8, 4) is 0 Å². The maximum Gasteiger partial charge on any atom is 0.0587 e. The fourth-order valence-electron chi connectivity index (χ4n) is 1.91. The summed E-state index contributed by atoms with van der Waals surface area (Å²) < 4.78 is 0. The third-order valence-electron chi connectivity index (χ3n) is 2.66. The lowest BCUT2D eigenvalue weighted by Crippen LogP contribution is -2.52. The van der Waals surface area contributed by atoms with Crippen molar-refractivity contribution in [2.45, 2.75) is 44.8 Å². The largest absolute Gasteiger partial charge is 0.395 e. The third-order valence-corrected chi connectivity index (χ3v) is 2.66. The standard InChI is InChI=1S/C9H20N2O/c1-7(2)11-5-8(10)3-4-9(11)6-12/h7-9,12H,3-6,10H2,1-2H3. The molecule has 0 amide bonds. The van der Waals surface area contributed by atoms with E-state index in [9.17, 15) is 0 Å². The van der Waals surface area contributed by atoms with Gasteiger partial charge in [0.05, 0.1) is 6.61 Å². The molecule has 0 aromatic heterocycles. The third kappa shape index (κ3) is 2.19. The van der Waals surface area contributed by atoms with Crippen LogP contribution >= 0.6 is 0 Å². The molecule has 3 nitrogen and oxygen atoms in total. The molecule has 12 heavy (non-hydrogen) atoms. The Hall–Kier alpha value is -0.120. The van der Waals surface area contributed by atoms with E-state index in [2.05, 4.69) is 18.7 Å². The first-order chi connectivity index (χ1) is 5.65. The van der Waals surface area contributed by atoms with Crippen LogP contribution in [0.5, 0.6) is 0 Å². The molecular formula is C9H20N2O. The lowest BCUT2D eigenvalue weighted by atomic mass is 9.98. The SMILES string of the molecule is CC(C)N1CC(N)CCC1CO. The Kier molecular flexibility index (Phi) is 3.50. The van der Waals surface area contributed by atoms with Crippen molar-refractivity contribution in [1.29, 1.82) is 0 Å². The van der Waals surface area contributed by atoms with Crippen LogP contribution in [-0.2, 0) is 0 Å². The number of hydrogen-bond acceptors (Lipinski definition) is 3. The van der Waals surface area contributed by atoms with Crippen molar-refractivity contribution in [2.24, 2.45) is 5.73 Å². The van der Waals surface area contributed by atoms with Gasteiger partial charge in [0.25, 0.3) is 0 Å². The summed E-state index contributed by atoms with van der Waals surface area (Å²) in [6, 6.07) is 1.13. The van der Waals surface area contributed by atoms with E-state index in [1.165, 1.54) is 0 Å². The molecule has 2 unspecified atom stereocenters. The monoisotopic (exact) mass is 172 g/mol. The van der Waals surface area contributed by atoms with Crippen LogP contribution in [0, 0.1) is 0 Å². The fraction of sp³-hybridized carbons (Fsp3) is 1.00. The van der Waals surface area contributed by atoms with Crippen molar-refractivity contribution in [3.63, 3.8) is 0 Å². The van der Waals surface area contributed by atoms with Crippen LogP contribution < -0.4 is 5.73 Å². The Morgan fingerprint density at radius 2 is 2.17 bits per heavy atom. The fourth-order valence-corrected chi connectivity index (χ4v) is 1.91. The van der Waals surface area contributed by atoms with Gasteiger partial charge in [0, 0.05) is 24.7 Å². The van der Waals surface area contributed by atoms with Crippen LogP contribution in [0.25, 0.3) is 0 Å². The molecule has 1 heterocycles. The lowest BCUT2D eigenvalue weighted by Gasteiger charge is -2.40. The average molecular weight is 172 g/mol. The van der Waals surface area contributed by atoms with Crippen molar-refractivity contribution in [3.05, 3.63) is 0 Å². The number of piperidine rings is 1. The van der Waals surface area contributed by atoms with Gasteiger partial charge in [-0.2, -0.15) is 0 Å². The van der Waals surface area contributed by atoms with Crippen LogP contribution in [0.1, 0.15) is 26.7 Å². The molecular weight excluding hydrogens is 152 g/mol. The van der Waals surface area contributed by atoms with Gasteiger partial charge in [-0.25, -0.2) is 0 Å². The van der Waals surface area contributed by atoms with E-state index in [1.807, 2.05) is 0 Å². The van der Waals surface area contributed by atoms with E-state index >= 15 is 0 Å². The summed E-state index contributed by atoms with van der Waals surface area (Å²) in [5, 5.41) is 9.11. The predicted molar refractivity (Wildman–Crippen MR) is 49.9 cm³/mol. The Morgan fingerprint density at radius 1 is 1.50 bits per heavy atom. The zero-order chi connectivity index (χ0) is 9.14. The van der Waals surface area contributed by atoms with E-state index in [0.29, 0.717) is 18.1 Å². The zero-order valence-electron chi connectivity index (χ0n) is 8.03. The smallest absolute Gasteiger partial charge is 0.0587 e. The molecule has 1 aliphatic heterocycles. The number of rotatable bonds is 2. The minimum absolute atomic E-state index is 0.269. The Labute approximate surface area is 74.5 Å². The molecule has 0 aromatic rings. The topological polar surface area (TPSA) is 49.5 Å². The first-order valence-electron chi connectivity index (χ1n) is 4.77. The molecule has 0 spiro atoms. The van der Waals surface area contributed by atoms with Gasteiger partial charge >= 0.3 is 0 Å². The van der Waals surface area contributed by atoms with Gasteiger partial charge in [-0.15, -0.1) is 0 Å². The molecule has 1 aliphatic rings. The Bertz CT molecular complexity index is 138. The highest BCUT2D eigenvalue weighted by molar-refractivity contribution is 4.84. The zero-order valence-corrected chi connectivity index (χ0v) is 8.03. The lowest BCUT2D eigenvalue weighted by molar-refractivity contribution is 0.0569. The van der Waals surface area contributed by atoms with Gasteiger partial charge in [0.1, 0.15) is 0 Å². The van der Waals surface area contributed by atoms with Gasteiger partial charge in [0.15, 0.2) is 0 Å². The highest BCUT2D eigenvalue weighted by Crippen LogP contribution is 2.18. The molecule has 0 bridgehead atoms. The van der Waals surface area contributed by atoms with Gasteiger partial charge in [0.2, 0.25) is 0 Å². The van der Waals surface area contributed by atoms with E-state index in [1.54, 1.807) is 0 Å². The first-order valence-corrected chi connectivity index (χ1v) is 4.77. The minimum Gasteiger partial charge on any atom is -0.395 e. The maximum atomic E-state index is 9.11.